The highest BCUT2D eigenvalue weighted by atomic mass is 16.5. The average Bonchev–Trinajstić information content (AvgIpc) is 3.46. The first-order chi connectivity index (χ1) is 16.6. The van der Waals surface area contributed by atoms with Crippen LogP contribution >= 0.6 is 0 Å². The second-order valence-electron chi connectivity index (χ2n) is 7.93. The van der Waals surface area contributed by atoms with Crippen LogP contribution in [-0.4, -0.2) is 44.4 Å². The van der Waals surface area contributed by atoms with Crippen molar-refractivity contribution in [1.82, 2.24) is 14.5 Å². The molecule has 0 aliphatic carbocycles. The van der Waals surface area contributed by atoms with Gasteiger partial charge in [-0.2, -0.15) is 0 Å². The zero-order valence-corrected chi connectivity index (χ0v) is 19.0. The van der Waals surface area contributed by atoms with E-state index in [4.69, 9.17) is 4.74 Å². The van der Waals surface area contributed by atoms with Gasteiger partial charge in [0.15, 0.2) is 11.5 Å². The van der Waals surface area contributed by atoms with E-state index in [0.717, 1.165) is 11.1 Å². The van der Waals surface area contributed by atoms with Crippen molar-refractivity contribution in [2.24, 2.45) is 0 Å². The minimum Gasteiger partial charge on any atom is -0.503 e. The Bertz CT molecular complexity index is 1180. The first kappa shape index (κ1) is 23.0. The third-order valence-electron chi connectivity index (χ3n) is 5.68. The first-order valence-corrected chi connectivity index (χ1v) is 11.3. The fraction of sp³-hybridized carbons (Fsp3) is 0.222. The van der Waals surface area contributed by atoms with Crippen molar-refractivity contribution in [3.63, 3.8) is 0 Å². The molecule has 0 bridgehead atoms. The maximum Gasteiger partial charge on any atom is 0.290 e. The smallest absolute Gasteiger partial charge is 0.290 e. The van der Waals surface area contributed by atoms with Crippen LogP contribution in [0.25, 0.3) is 6.08 Å². The van der Waals surface area contributed by atoms with Gasteiger partial charge >= 0.3 is 0 Å². The van der Waals surface area contributed by atoms with Crippen molar-refractivity contribution in [1.29, 1.82) is 0 Å². The number of amides is 1. The number of ether oxygens (including phenoxy) is 1. The number of allylic oxidation sites excluding steroid dienone is 1. The van der Waals surface area contributed by atoms with Crippen LogP contribution in [0.5, 0.6) is 5.75 Å². The zero-order valence-electron chi connectivity index (χ0n) is 19.0. The van der Waals surface area contributed by atoms with Crippen LogP contribution in [0.4, 0.5) is 0 Å². The maximum atomic E-state index is 13.2. The van der Waals surface area contributed by atoms with Gasteiger partial charge < -0.3 is 19.3 Å². The molecule has 0 saturated heterocycles. The van der Waals surface area contributed by atoms with Gasteiger partial charge in [0, 0.05) is 25.5 Å². The summed E-state index contributed by atoms with van der Waals surface area (Å²) in [4.78, 5) is 31.8. The van der Waals surface area contributed by atoms with Gasteiger partial charge in [-0.1, -0.05) is 48.5 Å². The molecule has 1 aliphatic heterocycles. The Morgan fingerprint density at radius 1 is 1.12 bits per heavy atom. The largest absolute Gasteiger partial charge is 0.503 e. The van der Waals surface area contributed by atoms with Gasteiger partial charge in [0.2, 0.25) is 0 Å². The van der Waals surface area contributed by atoms with Gasteiger partial charge in [-0.3, -0.25) is 9.59 Å². The molecule has 7 nitrogen and oxygen atoms in total. The number of hydrogen-bond acceptors (Lipinski definition) is 5. The molecular weight excluding hydrogens is 430 g/mol. The van der Waals surface area contributed by atoms with E-state index < -0.39 is 23.5 Å². The van der Waals surface area contributed by atoms with Gasteiger partial charge in [-0.15, -0.1) is 0 Å². The maximum absolute atomic E-state index is 13.2. The molecule has 174 valence electrons. The Morgan fingerprint density at radius 3 is 2.56 bits per heavy atom. The van der Waals surface area contributed by atoms with E-state index >= 15 is 0 Å². The molecule has 1 aromatic heterocycles. The third kappa shape index (κ3) is 5.09. The molecule has 34 heavy (non-hydrogen) atoms. The van der Waals surface area contributed by atoms with E-state index in [9.17, 15) is 14.7 Å². The summed E-state index contributed by atoms with van der Waals surface area (Å²) in [6.07, 6.45) is 9.01. The highest BCUT2D eigenvalue weighted by Crippen LogP contribution is 2.38. The van der Waals surface area contributed by atoms with Gasteiger partial charge in [0.25, 0.3) is 5.91 Å². The number of imidazole rings is 1. The molecule has 7 heteroatoms. The number of ketones is 1. The van der Waals surface area contributed by atoms with Crippen molar-refractivity contribution < 1.29 is 19.4 Å². The van der Waals surface area contributed by atoms with Crippen molar-refractivity contribution >= 4 is 17.8 Å². The number of rotatable bonds is 10. The summed E-state index contributed by atoms with van der Waals surface area (Å²) in [6.45, 7) is 3.48. The van der Waals surface area contributed by atoms with Crippen molar-refractivity contribution in [3.8, 4) is 5.75 Å². The SMILES string of the molecule is CCOc1ccc(C2C(C(=O)/C=C/c3ccccc3)=C(O)C(=O)N2CCCn2ccnc2)cc1. The summed E-state index contributed by atoms with van der Waals surface area (Å²) < 4.78 is 7.46. The predicted octanol–water partition coefficient (Wildman–Crippen LogP) is 4.35. The van der Waals surface area contributed by atoms with Crippen molar-refractivity contribution in [2.75, 3.05) is 13.2 Å². The van der Waals surface area contributed by atoms with E-state index in [1.54, 1.807) is 23.5 Å². The monoisotopic (exact) mass is 457 g/mol. The van der Waals surface area contributed by atoms with Crippen LogP contribution in [0.3, 0.4) is 0 Å². The quantitative estimate of drug-likeness (QED) is 0.458. The molecule has 1 unspecified atom stereocenters. The molecule has 1 N–H and O–H groups in total. The number of carbonyl (C=O) groups is 2. The fourth-order valence-electron chi connectivity index (χ4n) is 4.06. The number of carbonyl (C=O) groups excluding carboxylic acids is 2. The fourth-order valence-corrected chi connectivity index (χ4v) is 4.06. The van der Waals surface area contributed by atoms with Crippen LogP contribution in [-0.2, 0) is 16.1 Å². The number of aliphatic hydroxyl groups is 1. The number of benzene rings is 2. The lowest BCUT2D eigenvalue weighted by Gasteiger charge is -2.27. The van der Waals surface area contributed by atoms with E-state index in [0.29, 0.717) is 31.9 Å². The summed E-state index contributed by atoms with van der Waals surface area (Å²) in [5.41, 5.74) is 1.68. The predicted molar refractivity (Wildman–Crippen MR) is 129 cm³/mol. The third-order valence-corrected chi connectivity index (χ3v) is 5.68. The van der Waals surface area contributed by atoms with Gasteiger partial charge in [-0.05, 0) is 42.7 Å². The molecule has 0 saturated carbocycles. The Kier molecular flexibility index (Phi) is 7.22. The van der Waals surface area contributed by atoms with Gasteiger partial charge in [0.1, 0.15) is 5.75 Å². The summed E-state index contributed by atoms with van der Waals surface area (Å²) in [5, 5.41) is 10.7. The van der Waals surface area contributed by atoms with Crippen LogP contribution < -0.4 is 4.74 Å². The average molecular weight is 458 g/mol. The molecule has 2 heterocycles. The molecule has 3 aromatic rings. The van der Waals surface area contributed by atoms with E-state index in [1.807, 2.05) is 72.3 Å². The molecule has 0 fully saturated rings. The summed E-state index contributed by atoms with van der Waals surface area (Å²) in [6, 6.07) is 16.0. The van der Waals surface area contributed by atoms with Crippen LogP contribution in [0.15, 0.2) is 90.7 Å². The Morgan fingerprint density at radius 2 is 1.88 bits per heavy atom. The number of nitrogens with zero attached hydrogens (tertiary/aromatic N) is 3. The molecule has 2 aromatic carbocycles. The molecule has 0 radical (unpaired) electrons. The highest BCUT2D eigenvalue weighted by molar-refractivity contribution is 6.14. The molecule has 0 spiro atoms. The lowest BCUT2D eigenvalue weighted by Crippen LogP contribution is -2.32. The van der Waals surface area contributed by atoms with Crippen molar-refractivity contribution in [2.45, 2.75) is 25.9 Å². The zero-order chi connectivity index (χ0) is 23.9. The molecular formula is C27H27N3O4. The molecule has 4 rings (SSSR count). The minimum atomic E-state index is -0.682. The lowest BCUT2D eigenvalue weighted by molar-refractivity contribution is -0.129. The number of aliphatic hydroxyl groups excluding tert-OH is 1. The van der Waals surface area contributed by atoms with Crippen molar-refractivity contribution in [3.05, 3.63) is 102 Å². The second-order valence-corrected chi connectivity index (χ2v) is 7.93. The van der Waals surface area contributed by atoms with Gasteiger partial charge in [-0.25, -0.2) is 4.98 Å². The number of aromatic nitrogens is 2. The number of hydrogen-bond donors (Lipinski definition) is 1. The normalized spacial score (nSPS) is 16.0. The molecule has 1 atom stereocenters. The standard InChI is InChI=1S/C27H27N3O4/c1-2-34-22-12-10-21(11-13-22)25-24(23(31)14-9-20-7-4-3-5-8-20)26(32)27(33)30(25)17-6-16-29-18-15-28-19-29/h3-5,7-15,18-19,25,32H,2,6,16-17H2,1H3/b14-9+. The molecule has 1 aliphatic rings. The topological polar surface area (TPSA) is 84.7 Å². The van der Waals surface area contributed by atoms with Crippen LogP contribution in [0.2, 0.25) is 0 Å². The summed E-state index contributed by atoms with van der Waals surface area (Å²) in [5.74, 6) is -0.733. The summed E-state index contributed by atoms with van der Waals surface area (Å²) >= 11 is 0. The van der Waals surface area contributed by atoms with E-state index in [1.165, 1.54) is 6.08 Å². The number of aryl methyl sites for hydroxylation is 1. The Labute approximate surface area is 198 Å². The van der Waals surface area contributed by atoms with Crippen LogP contribution in [0, 0.1) is 0 Å². The summed E-state index contributed by atoms with van der Waals surface area (Å²) in [7, 11) is 0. The highest BCUT2D eigenvalue weighted by Gasteiger charge is 2.42. The second kappa shape index (κ2) is 10.7. The van der Waals surface area contributed by atoms with E-state index in [-0.39, 0.29) is 5.57 Å². The Hall–Kier alpha value is -4.13. The Balaban J connectivity index is 1.61. The minimum absolute atomic E-state index is 0.0870. The first-order valence-electron chi connectivity index (χ1n) is 11.3. The van der Waals surface area contributed by atoms with Crippen LogP contribution in [0.1, 0.15) is 30.5 Å². The lowest BCUT2D eigenvalue weighted by atomic mass is 9.95. The van der Waals surface area contributed by atoms with E-state index in [2.05, 4.69) is 4.98 Å². The molecule has 1 amide bonds. The van der Waals surface area contributed by atoms with Gasteiger partial charge in [0.05, 0.1) is 24.5 Å².